The Morgan fingerprint density at radius 3 is 2.65 bits per heavy atom. The minimum Gasteiger partial charge on any atom is -0.397 e. The van der Waals surface area contributed by atoms with Crippen molar-refractivity contribution in [3.05, 3.63) is 22.7 Å². The van der Waals surface area contributed by atoms with Crippen LogP contribution >= 0.6 is 15.9 Å². The monoisotopic (exact) mass is 298 g/mol. The number of nitrogens with one attached hydrogen (secondary N) is 1. The van der Waals surface area contributed by atoms with Gasteiger partial charge in [-0.1, -0.05) is 49.0 Å². The second kappa shape index (κ2) is 7.59. The molecule has 0 aliphatic rings. The van der Waals surface area contributed by atoms with Crippen molar-refractivity contribution in [3.63, 3.8) is 0 Å². The van der Waals surface area contributed by atoms with E-state index < -0.39 is 0 Å². The molecule has 2 nitrogen and oxygen atoms in total. The van der Waals surface area contributed by atoms with Crippen molar-refractivity contribution in [2.45, 2.75) is 52.0 Å². The van der Waals surface area contributed by atoms with Gasteiger partial charge in [-0.05, 0) is 31.0 Å². The summed E-state index contributed by atoms with van der Waals surface area (Å²) in [4.78, 5) is 0. The van der Waals surface area contributed by atoms with Gasteiger partial charge in [0.05, 0.1) is 11.4 Å². The third-order valence-corrected chi connectivity index (χ3v) is 3.41. The van der Waals surface area contributed by atoms with Gasteiger partial charge in [0.2, 0.25) is 0 Å². The lowest BCUT2D eigenvalue weighted by Crippen LogP contribution is -2.19. The lowest BCUT2D eigenvalue weighted by Gasteiger charge is -2.20. The van der Waals surface area contributed by atoms with Gasteiger partial charge < -0.3 is 11.1 Å². The predicted molar refractivity (Wildman–Crippen MR) is 80.4 cm³/mol. The zero-order valence-electron chi connectivity index (χ0n) is 10.8. The number of unbranched alkanes of at least 4 members (excludes halogenated alkanes) is 1. The van der Waals surface area contributed by atoms with E-state index in [1.54, 1.807) is 0 Å². The SMILES string of the molecule is CCCCC(CCC)Nc1cc(Br)ccc1N. The molecule has 1 atom stereocenters. The van der Waals surface area contributed by atoms with Crippen LogP contribution in [0.25, 0.3) is 0 Å². The summed E-state index contributed by atoms with van der Waals surface area (Å²) in [6.07, 6.45) is 6.14. The number of hydrogen-bond acceptors (Lipinski definition) is 2. The molecule has 0 radical (unpaired) electrons. The molecule has 0 bridgehead atoms. The Morgan fingerprint density at radius 1 is 1.24 bits per heavy atom. The fourth-order valence-corrected chi connectivity index (χ4v) is 2.32. The molecule has 0 spiro atoms. The van der Waals surface area contributed by atoms with E-state index in [-0.39, 0.29) is 0 Å². The Hall–Kier alpha value is -0.700. The van der Waals surface area contributed by atoms with Crippen molar-refractivity contribution in [1.82, 2.24) is 0 Å². The number of hydrogen-bond donors (Lipinski definition) is 2. The molecule has 17 heavy (non-hydrogen) atoms. The number of halogens is 1. The molecular formula is C14H23BrN2. The van der Waals surface area contributed by atoms with Gasteiger partial charge in [-0.25, -0.2) is 0 Å². The minimum atomic E-state index is 0.538. The van der Waals surface area contributed by atoms with Crippen LogP contribution in [0.1, 0.15) is 46.0 Å². The molecule has 1 rings (SSSR count). The molecule has 1 unspecified atom stereocenters. The first-order chi connectivity index (χ1) is 8.17. The smallest absolute Gasteiger partial charge is 0.0587 e. The second-order valence-corrected chi connectivity index (χ2v) is 5.42. The van der Waals surface area contributed by atoms with E-state index in [9.17, 15) is 0 Å². The summed E-state index contributed by atoms with van der Waals surface area (Å²) in [5.41, 5.74) is 7.85. The van der Waals surface area contributed by atoms with Crippen LogP contribution in [0.15, 0.2) is 22.7 Å². The summed E-state index contributed by atoms with van der Waals surface area (Å²) < 4.78 is 1.07. The number of benzene rings is 1. The van der Waals surface area contributed by atoms with Gasteiger partial charge in [0.1, 0.15) is 0 Å². The Morgan fingerprint density at radius 2 is 2.00 bits per heavy atom. The summed E-state index contributed by atoms with van der Waals surface area (Å²) in [7, 11) is 0. The molecule has 0 aliphatic heterocycles. The molecule has 1 aromatic carbocycles. The molecule has 1 aromatic rings. The van der Waals surface area contributed by atoms with Crippen LogP contribution in [-0.4, -0.2) is 6.04 Å². The van der Waals surface area contributed by atoms with Gasteiger partial charge in [0.15, 0.2) is 0 Å². The maximum Gasteiger partial charge on any atom is 0.0587 e. The Kier molecular flexibility index (Phi) is 6.41. The van der Waals surface area contributed by atoms with Crippen molar-refractivity contribution < 1.29 is 0 Å². The molecule has 3 heteroatoms. The highest BCUT2D eigenvalue weighted by Gasteiger charge is 2.09. The lowest BCUT2D eigenvalue weighted by atomic mass is 10.0. The van der Waals surface area contributed by atoms with Crippen LogP contribution in [0, 0.1) is 0 Å². The first-order valence-corrected chi connectivity index (χ1v) is 7.28. The molecule has 0 fully saturated rings. The highest BCUT2D eigenvalue weighted by atomic mass is 79.9. The molecule has 96 valence electrons. The van der Waals surface area contributed by atoms with E-state index in [2.05, 4.69) is 41.2 Å². The first-order valence-electron chi connectivity index (χ1n) is 6.49. The van der Waals surface area contributed by atoms with Crippen LogP contribution in [0.2, 0.25) is 0 Å². The Balaban J connectivity index is 2.67. The molecule has 0 heterocycles. The van der Waals surface area contributed by atoms with Gasteiger partial charge in [-0.3, -0.25) is 0 Å². The van der Waals surface area contributed by atoms with Crippen LogP contribution in [0.4, 0.5) is 11.4 Å². The first kappa shape index (κ1) is 14.4. The maximum atomic E-state index is 5.98. The van der Waals surface area contributed by atoms with Gasteiger partial charge in [-0.2, -0.15) is 0 Å². The number of nitrogens with two attached hydrogens (primary N) is 1. The summed E-state index contributed by atoms with van der Waals surface area (Å²) in [5.74, 6) is 0. The quantitative estimate of drug-likeness (QED) is 0.710. The third-order valence-electron chi connectivity index (χ3n) is 2.92. The van der Waals surface area contributed by atoms with Gasteiger partial charge in [-0.15, -0.1) is 0 Å². The number of anilines is 2. The lowest BCUT2D eigenvalue weighted by molar-refractivity contribution is 0.564. The van der Waals surface area contributed by atoms with E-state index in [0.29, 0.717) is 6.04 Å². The molecular weight excluding hydrogens is 276 g/mol. The van der Waals surface area contributed by atoms with Gasteiger partial charge in [0.25, 0.3) is 0 Å². The standard InChI is InChI=1S/C14H23BrN2/c1-3-5-7-12(6-4-2)17-14-10-11(15)8-9-13(14)16/h8-10,12,17H,3-7,16H2,1-2H3. The topological polar surface area (TPSA) is 38.0 Å². The normalized spacial score (nSPS) is 12.4. The fraction of sp³-hybridized carbons (Fsp3) is 0.571. The highest BCUT2D eigenvalue weighted by Crippen LogP contribution is 2.25. The summed E-state index contributed by atoms with van der Waals surface area (Å²) in [6.45, 7) is 4.46. The predicted octanol–water partition coefficient (Wildman–Crippen LogP) is 4.80. The summed E-state index contributed by atoms with van der Waals surface area (Å²) >= 11 is 3.48. The van der Waals surface area contributed by atoms with Gasteiger partial charge >= 0.3 is 0 Å². The minimum absolute atomic E-state index is 0.538. The summed E-state index contributed by atoms with van der Waals surface area (Å²) in [5, 5.41) is 3.57. The van der Waals surface area contributed by atoms with E-state index in [0.717, 1.165) is 15.8 Å². The van der Waals surface area contributed by atoms with E-state index >= 15 is 0 Å². The van der Waals surface area contributed by atoms with Crippen LogP contribution in [0.5, 0.6) is 0 Å². The average molecular weight is 299 g/mol. The third kappa shape index (κ3) is 4.99. The van der Waals surface area contributed by atoms with Crippen LogP contribution in [-0.2, 0) is 0 Å². The van der Waals surface area contributed by atoms with Crippen molar-refractivity contribution in [1.29, 1.82) is 0 Å². The Labute approximate surface area is 113 Å². The van der Waals surface area contributed by atoms with Crippen molar-refractivity contribution in [2.24, 2.45) is 0 Å². The second-order valence-electron chi connectivity index (χ2n) is 4.50. The van der Waals surface area contributed by atoms with Gasteiger partial charge in [0, 0.05) is 10.5 Å². The highest BCUT2D eigenvalue weighted by molar-refractivity contribution is 9.10. The largest absolute Gasteiger partial charge is 0.397 e. The van der Waals surface area contributed by atoms with E-state index in [1.807, 2.05) is 12.1 Å². The maximum absolute atomic E-state index is 5.98. The average Bonchev–Trinajstić information content (AvgIpc) is 2.31. The zero-order chi connectivity index (χ0) is 12.7. The molecule has 0 aliphatic carbocycles. The zero-order valence-corrected chi connectivity index (χ0v) is 12.4. The van der Waals surface area contributed by atoms with E-state index in [1.165, 1.54) is 32.1 Å². The van der Waals surface area contributed by atoms with Crippen molar-refractivity contribution in [2.75, 3.05) is 11.1 Å². The fourth-order valence-electron chi connectivity index (χ4n) is 1.96. The van der Waals surface area contributed by atoms with Crippen molar-refractivity contribution >= 4 is 27.3 Å². The number of rotatable bonds is 7. The van der Waals surface area contributed by atoms with Crippen LogP contribution < -0.4 is 11.1 Å². The molecule has 3 N–H and O–H groups in total. The molecule has 0 saturated heterocycles. The van der Waals surface area contributed by atoms with Crippen LogP contribution in [0.3, 0.4) is 0 Å². The summed E-state index contributed by atoms with van der Waals surface area (Å²) in [6, 6.07) is 6.51. The van der Waals surface area contributed by atoms with E-state index in [4.69, 9.17) is 5.73 Å². The number of nitrogen functional groups attached to an aromatic ring is 1. The van der Waals surface area contributed by atoms with Crippen molar-refractivity contribution in [3.8, 4) is 0 Å². The molecule has 0 saturated carbocycles. The molecule has 0 aromatic heterocycles. The Bertz CT molecular complexity index is 339. The molecule has 0 amide bonds.